The van der Waals surface area contributed by atoms with E-state index < -0.39 is 0 Å². The SMILES string of the molecule is CCN(CC)CCn1cc(O)c(=O)cc1CN1CCOCC1. The molecule has 0 saturated carbocycles. The van der Waals surface area contributed by atoms with Gasteiger partial charge in [-0.05, 0) is 13.1 Å². The molecule has 1 N–H and O–H groups in total. The lowest BCUT2D eigenvalue weighted by Gasteiger charge is -2.28. The van der Waals surface area contributed by atoms with E-state index in [0.29, 0.717) is 0 Å². The Balaban J connectivity index is 2.11. The number of ether oxygens (including phenoxy) is 1. The van der Waals surface area contributed by atoms with Crippen LogP contribution in [0.4, 0.5) is 0 Å². The van der Waals surface area contributed by atoms with E-state index in [1.807, 2.05) is 4.57 Å². The molecule has 0 amide bonds. The third-order valence-electron chi connectivity index (χ3n) is 4.24. The van der Waals surface area contributed by atoms with Gasteiger partial charge in [0.1, 0.15) is 0 Å². The van der Waals surface area contributed by atoms with E-state index in [2.05, 4.69) is 23.6 Å². The molecule has 1 aliphatic rings. The number of aromatic nitrogens is 1. The van der Waals surface area contributed by atoms with Gasteiger partial charge in [0.2, 0.25) is 5.43 Å². The molecule has 0 spiro atoms. The third-order valence-corrected chi connectivity index (χ3v) is 4.24. The van der Waals surface area contributed by atoms with Crippen LogP contribution < -0.4 is 5.43 Å². The van der Waals surface area contributed by atoms with Crippen LogP contribution in [0.3, 0.4) is 0 Å². The topological polar surface area (TPSA) is 57.9 Å². The van der Waals surface area contributed by atoms with Gasteiger partial charge in [-0.2, -0.15) is 0 Å². The van der Waals surface area contributed by atoms with Gasteiger partial charge in [0.25, 0.3) is 0 Å². The molecular weight excluding hydrogens is 282 g/mol. The van der Waals surface area contributed by atoms with E-state index in [0.717, 1.165) is 64.7 Å². The molecule has 2 heterocycles. The molecule has 1 aromatic heterocycles. The van der Waals surface area contributed by atoms with Gasteiger partial charge in [-0.3, -0.25) is 9.69 Å². The average Bonchev–Trinajstić information content (AvgIpc) is 2.53. The molecule has 22 heavy (non-hydrogen) atoms. The summed E-state index contributed by atoms with van der Waals surface area (Å²) in [6, 6.07) is 1.56. The second-order valence-corrected chi connectivity index (χ2v) is 5.62. The van der Waals surface area contributed by atoms with E-state index in [1.165, 1.54) is 0 Å². The first-order valence-electron chi connectivity index (χ1n) is 8.08. The van der Waals surface area contributed by atoms with Crippen molar-refractivity contribution in [3.05, 3.63) is 28.2 Å². The Morgan fingerprint density at radius 1 is 1.27 bits per heavy atom. The van der Waals surface area contributed by atoms with Gasteiger partial charge in [-0.1, -0.05) is 13.8 Å². The lowest BCUT2D eigenvalue weighted by atomic mass is 10.2. The molecule has 1 saturated heterocycles. The fourth-order valence-electron chi connectivity index (χ4n) is 2.72. The summed E-state index contributed by atoms with van der Waals surface area (Å²) < 4.78 is 7.37. The van der Waals surface area contributed by atoms with Crippen LogP contribution in [0.25, 0.3) is 0 Å². The summed E-state index contributed by atoms with van der Waals surface area (Å²) in [6.45, 7) is 11.9. The quantitative estimate of drug-likeness (QED) is 0.804. The zero-order chi connectivity index (χ0) is 15.9. The normalized spacial score (nSPS) is 16.3. The minimum absolute atomic E-state index is 0.176. The predicted molar refractivity (Wildman–Crippen MR) is 86.3 cm³/mol. The molecule has 0 aliphatic carbocycles. The van der Waals surface area contributed by atoms with Gasteiger partial charge in [0.15, 0.2) is 5.75 Å². The largest absolute Gasteiger partial charge is 0.503 e. The molecule has 0 radical (unpaired) electrons. The molecule has 6 heteroatoms. The monoisotopic (exact) mass is 309 g/mol. The maximum absolute atomic E-state index is 11.8. The zero-order valence-corrected chi connectivity index (χ0v) is 13.6. The van der Waals surface area contributed by atoms with Crippen LogP contribution in [0, 0.1) is 0 Å². The maximum Gasteiger partial charge on any atom is 0.223 e. The first-order chi connectivity index (χ1) is 10.6. The average molecular weight is 309 g/mol. The fourth-order valence-corrected chi connectivity index (χ4v) is 2.72. The Labute approximate surface area is 131 Å². The van der Waals surface area contributed by atoms with Gasteiger partial charge < -0.3 is 19.3 Å². The molecular formula is C16H27N3O3. The molecule has 0 unspecified atom stereocenters. The van der Waals surface area contributed by atoms with Gasteiger partial charge in [0, 0.05) is 44.5 Å². The van der Waals surface area contributed by atoms with Crippen LogP contribution in [-0.2, 0) is 17.8 Å². The summed E-state index contributed by atoms with van der Waals surface area (Å²) in [5, 5.41) is 9.73. The predicted octanol–water partition coefficient (Wildman–Crippen LogP) is 0.728. The van der Waals surface area contributed by atoms with Gasteiger partial charge in [-0.25, -0.2) is 0 Å². The number of hydrogen-bond acceptors (Lipinski definition) is 5. The Hall–Kier alpha value is -1.37. The number of likely N-dealkylation sites (N-methyl/N-ethyl adjacent to an activating group) is 1. The van der Waals surface area contributed by atoms with Crippen molar-refractivity contribution in [3.63, 3.8) is 0 Å². The summed E-state index contributed by atoms with van der Waals surface area (Å²) in [7, 11) is 0. The van der Waals surface area contributed by atoms with Crippen LogP contribution in [0.15, 0.2) is 17.1 Å². The van der Waals surface area contributed by atoms with Crippen molar-refractivity contribution in [1.82, 2.24) is 14.4 Å². The Morgan fingerprint density at radius 2 is 1.95 bits per heavy atom. The first kappa shape index (κ1) is 17.0. The summed E-state index contributed by atoms with van der Waals surface area (Å²) in [5.41, 5.74) is 0.652. The highest BCUT2D eigenvalue weighted by atomic mass is 16.5. The van der Waals surface area contributed by atoms with Crippen LogP contribution in [0.2, 0.25) is 0 Å². The highest BCUT2D eigenvalue weighted by Gasteiger charge is 2.14. The van der Waals surface area contributed by atoms with Crippen molar-refractivity contribution in [3.8, 4) is 5.75 Å². The lowest BCUT2D eigenvalue weighted by Crippen LogP contribution is -2.37. The molecule has 0 aromatic carbocycles. The summed E-state index contributed by atoms with van der Waals surface area (Å²) >= 11 is 0. The van der Waals surface area contributed by atoms with Crippen molar-refractivity contribution in [2.45, 2.75) is 26.9 Å². The number of pyridine rings is 1. The van der Waals surface area contributed by atoms with E-state index in [1.54, 1.807) is 12.3 Å². The third kappa shape index (κ3) is 4.56. The Kier molecular flexibility index (Phi) is 6.42. The van der Waals surface area contributed by atoms with Crippen LogP contribution >= 0.6 is 0 Å². The van der Waals surface area contributed by atoms with Crippen molar-refractivity contribution < 1.29 is 9.84 Å². The number of hydrogen-bond donors (Lipinski definition) is 1. The second-order valence-electron chi connectivity index (χ2n) is 5.62. The van der Waals surface area contributed by atoms with E-state index in [-0.39, 0.29) is 11.2 Å². The molecule has 1 fully saturated rings. The Bertz CT molecular complexity index is 520. The van der Waals surface area contributed by atoms with Crippen molar-refractivity contribution in [2.24, 2.45) is 0 Å². The summed E-state index contributed by atoms with van der Waals surface area (Å²) in [4.78, 5) is 16.4. The van der Waals surface area contributed by atoms with Crippen LogP contribution in [0.1, 0.15) is 19.5 Å². The smallest absolute Gasteiger partial charge is 0.223 e. The minimum atomic E-state index is -0.303. The Morgan fingerprint density at radius 3 is 2.59 bits per heavy atom. The molecule has 124 valence electrons. The standard InChI is InChI=1S/C16H27N3O3/c1-3-17(4-2)5-6-19-13-16(21)15(20)11-14(19)12-18-7-9-22-10-8-18/h11,13,21H,3-10,12H2,1-2H3. The van der Waals surface area contributed by atoms with E-state index in [9.17, 15) is 9.90 Å². The van der Waals surface area contributed by atoms with E-state index >= 15 is 0 Å². The molecule has 0 bridgehead atoms. The van der Waals surface area contributed by atoms with Crippen molar-refractivity contribution in [1.29, 1.82) is 0 Å². The molecule has 1 aliphatic heterocycles. The maximum atomic E-state index is 11.8. The number of aromatic hydroxyl groups is 1. The minimum Gasteiger partial charge on any atom is -0.503 e. The second kappa shape index (κ2) is 8.31. The number of morpholine rings is 1. The zero-order valence-electron chi connectivity index (χ0n) is 13.6. The summed E-state index contributed by atoms with van der Waals surface area (Å²) in [5.74, 6) is -0.176. The molecule has 1 aromatic rings. The van der Waals surface area contributed by atoms with E-state index in [4.69, 9.17) is 4.74 Å². The summed E-state index contributed by atoms with van der Waals surface area (Å²) in [6.07, 6.45) is 1.57. The molecule has 2 rings (SSSR count). The van der Waals surface area contributed by atoms with Crippen molar-refractivity contribution in [2.75, 3.05) is 45.9 Å². The van der Waals surface area contributed by atoms with Crippen LogP contribution in [-0.4, -0.2) is 65.4 Å². The van der Waals surface area contributed by atoms with Gasteiger partial charge >= 0.3 is 0 Å². The number of nitrogens with zero attached hydrogens (tertiary/aromatic N) is 3. The van der Waals surface area contributed by atoms with Crippen LogP contribution in [0.5, 0.6) is 5.75 Å². The van der Waals surface area contributed by atoms with Crippen molar-refractivity contribution >= 4 is 0 Å². The van der Waals surface area contributed by atoms with Gasteiger partial charge in [0.05, 0.1) is 19.4 Å². The van der Waals surface area contributed by atoms with Gasteiger partial charge in [-0.15, -0.1) is 0 Å². The first-order valence-corrected chi connectivity index (χ1v) is 8.08. The fraction of sp³-hybridized carbons (Fsp3) is 0.688. The molecule has 6 nitrogen and oxygen atoms in total. The molecule has 0 atom stereocenters. The number of rotatable bonds is 7. The highest BCUT2D eigenvalue weighted by Crippen LogP contribution is 2.10. The highest BCUT2D eigenvalue weighted by molar-refractivity contribution is 5.20. The lowest BCUT2D eigenvalue weighted by molar-refractivity contribution is 0.0330.